The van der Waals surface area contributed by atoms with Crippen LogP contribution in [0, 0.1) is 0 Å². The summed E-state index contributed by atoms with van der Waals surface area (Å²) >= 11 is 0. The molecule has 0 aromatic carbocycles. The van der Waals surface area contributed by atoms with Gasteiger partial charge in [-0.05, 0) is 0 Å². The quantitative estimate of drug-likeness (QED) is 0.360. The van der Waals surface area contributed by atoms with Gasteiger partial charge in [0.05, 0.1) is 14.6 Å². The van der Waals surface area contributed by atoms with Crippen molar-refractivity contribution >= 4 is 14.6 Å². The second-order valence-electron chi connectivity index (χ2n) is 1.57. The lowest BCUT2D eigenvalue weighted by atomic mass is 9.25. The summed E-state index contributed by atoms with van der Waals surface area (Å²) in [5, 5.41) is 0. The zero-order valence-electron chi connectivity index (χ0n) is 3.44. The van der Waals surface area contributed by atoms with E-state index >= 15 is 0 Å². The minimum atomic E-state index is 0.815. The molecular formula is C3H6B2. The van der Waals surface area contributed by atoms with E-state index < -0.39 is 0 Å². The first kappa shape index (κ1) is 3.32. The van der Waals surface area contributed by atoms with Crippen LogP contribution in [0.15, 0.2) is 0 Å². The molecule has 2 heteroatoms. The Morgan fingerprint density at radius 1 is 1.60 bits per heavy atom. The van der Waals surface area contributed by atoms with E-state index in [1.54, 1.807) is 0 Å². The molecule has 0 aliphatic carbocycles. The summed E-state index contributed by atoms with van der Waals surface area (Å²) in [4.78, 5) is 0. The van der Waals surface area contributed by atoms with Crippen LogP contribution in [0.5, 0.6) is 0 Å². The van der Waals surface area contributed by atoms with Gasteiger partial charge in [-0.3, -0.25) is 0 Å². The van der Waals surface area contributed by atoms with Crippen LogP contribution >= 0.6 is 0 Å². The Bertz CT molecular complexity index is 31.9. The lowest BCUT2D eigenvalue weighted by Gasteiger charge is -2.15. The van der Waals surface area contributed by atoms with Gasteiger partial charge in [-0.2, -0.15) is 0 Å². The van der Waals surface area contributed by atoms with Crippen molar-refractivity contribution in [2.75, 3.05) is 0 Å². The first-order valence-corrected chi connectivity index (χ1v) is 2.06. The fourth-order valence-corrected chi connectivity index (χ4v) is 0.408. The van der Waals surface area contributed by atoms with E-state index in [-0.39, 0.29) is 0 Å². The summed E-state index contributed by atoms with van der Waals surface area (Å²) in [6.07, 6.45) is 1.24. The maximum atomic E-state index is 2.29. The molecule has 0 nitrogen and oxygen atoms in total. The molecule has 2 radical (unpaired) electrons. The van der Waals surface area contributed by atoms with Crippen molar-refractivity contribution in [3.05, 3.63) is 0 Å². The summed E-state index contributed by atoms with van der Waals surface area (Å²) in [6.45, 7) is 2.20. The number of rotatable bonds is 0. The van der Waals surface area contributed by atoms with Crippen LogP contribution in [0.1, 0.15) is 6.92 Å². The Morgan fingerprint density at radius 2 is 2.00 bits per heavy atom. The van der Waals surface area contributed by atoms with Crippen molar-refractivity contribution in [3.8, 4) is 0 Å². The van der Waals surface area contributed by atoms with Gasteiger partial charge in [0.15, 0.2) is 0 Å². The monoisotopic (exact) mass is 64.1 g/mol. The summed E-state index contributed by atoms with van der Waals surface area (Å²) < 4.78 is 0. The van der Waals surface area contributed by atoms with Gasteiger partial charge >= 0.3 is 0 Å². The van der Waals surface area contributed by atoms with Crippen molar-refractivity contribution in [1.82, 2.24) is 0 Å². The lowest BCUT2D eigenvalue weighted by molar-refractivity contribution is 1.25. The highest BCUT2D eigenvalue weighted by atomic mass is 13.7. The van der Waals surface area contributed by atoms with E-state index in [0.29, 0.717) is 0 Å². The molecule has 1 aliphatic heterocycles. The van der Waals surface area contributed by atoms with Crippen LogP contribution in [0.25, 0.3) is 0 Å². The van der Waals surface area contributed by atoms with Crippen LogP contribution in [-0.4, -0.2) is 14.6 Å². The molecule has 0 N–H and O–H groups in total. The summed E-state index contributed by atoms with van der Waals surface area (Å²) in [5.74, 6) is 0. The summed E-state index contributed by atoms with van der Waals surface area (Å²) in [7, 11) is 4.58. The van der Waals surface area contributed by atoms with Gasteiger partial charge in [0, 0.05) is 0 Å². The van der Waals surface area contributed by atoms with Gasteiger partial charge in [0.1, 0.15) is 0 Å². The largest absolute Gasteiger partial charge is 0.107 e. The highest BCUT2D eigenvalue weighted by molar-refractivity contribution is 6.77. The van der Waals surface area contributed by atoms with Gasteiger partial charge in [-0.1, -0.05) is 12.6 Å². The van der Waals surface area contributed by atoms with Crippen LogP contribution in [0.3, 0.4) is 0 Å². The Kier molecular flexibility index (Phi) is 0.716. The van der Waals surface area contributed by atoms with Crippen LogP contribution < -0.4 is 0 Å². The third kappa shape index (κ3) is 0.499. The second-order valence-corrected chi connectivity index (χ2v) is 1.57. The minimum Gasteiger partial charge on any atom is -0.107 e. The zero-order chi connectivity index (χ0) is 3.70. The van der Waals surface area contributed by atoms with E-state index in [2.05, 4.69) is 21.5 Å². The molecule has 0 amide bonds. The fraction of sp³-hybridized carbons (Fsp3) is 1.00. The van der Waals surface area contributed by atoms with Crippen molar-refractivity contribution < 1.29 is 0 Å². The molecule has 1 aliphatic rings. The molecule has 5 heavy (non-hydrogen) atoms. The summed E-state index contributed by atoms with van der Waals surface area (Å²) in [6, 6.07) is 0. The normalized spacial score (nSPS) is 22.6. The average Bonchev–Trinajstić information content (AvgIpc) is 1.30. The molecule has 1 rings (SSSR count). The molecule has 0 spiro atoms. The molecule has 0 aromatic heterocycles. The Balaban J connectivity index is 2.08. The van der Waals surface area contributed by atoms with Gasteiger partial charge in [-0.25, -0.2) is 0 Å². The Hall–Kier alpha value is 0.130. The third-order valence-electron chi connectivity index (χ3n) is 1.02. The highest BCUT2D eigenvalue weighted by Crippen LogP contribution is 2.11. The zero-order valence-corrected chi connectivity index (χ0v) is 3.44. The number of hydrogen-bond donors (Lipinski definition) is 0. The molecule has 1 saturated heterocycles. The fourth-order valence-electron chi connectivity index (χ4n) is 0.408. The van der Waals surface area contributed by atoms with Crippen molar-refractivity contribution in [1.29, 1.82) is 0 Å². The molecule has 0 atom stereocenters. The van der Waals surface area contributed by atoms with Gasteiger partial charge < -0.3 is 0 Å². The van der Waals surface area contributed by atoms with Crippen molar-refractivity contribution in [2.45, 2.75) is 18.9 Å². The maximum absolute atomic E-state index is 2.29. The molecule has 0 bridgehead atoms. The Morgan fingerprint density at radius 3 is 2.00 bits per heavy atom. The third-order valence-corrected chi connectivity index (χ3v) is 1.02. The molecule has 0 saturated carbocycles. The van der Waals surface area contributed by atoms with Crippen LogP contribution in [0.2, 0.25) is 11.9 Å². The van der Waals surface area contributed by atoms with Gasteiger partial charge in [0.2, 0.25) is 0 Å². The molecule has 1 heterocycles. The molecule has 0 aromatic rings. The minimum absolute atomic E-state index is 0.815. The first-order valence-electron chi connectivity index (χ1n) is 2.06. The molecule has 0 unspecified atom stereocenters. The molecule has 24 valence electrons. The second kappa shape index (κ2) is 1.08. The van der Waals surface area contributed by atoms with E-state index in [1.807, 2.05) is 0 Å². The topological polar surface area (TPSA) is 0 Å². The molecular weight excluding hydrogens is 57.7 g/mol. The SMILES string of the molecule is CC1[B]C[B]1. The van der Waals surface area contributed by atoms with Crippen LogP contribution in [-0.2, 0) is 0 Å². The van der Waals surface area contributed by atoms with E-state index in [0.717, 1.165) is 5.72 Å². The van der Waals surface area contributed by atoms with Crippen molar-refractivity contribution in [2.24, 2.45) is 0 Å². The highest BCUT2D eigenvalue weighted by Gasteiger charge is 2.12. The van der Waals surface area contributed by atoms with Gasteiger partial charge in [-0.15, -0.1) is 6.22 Å². The average molecular weight is 63.7 g/mol. The maximum Gasteiger partial charge on any atom is 0.0944 e. The molecule has 1 fully saturated rings. The van der Waals surface area contributed by atoms with E-state index in [9.17, 15) is 0 Å². The summed E-state index contributed by atoms with van der Waals surface area (Å²) in [5.41, 5.74) is 0.815. The lowest BCUT2D eigenvalue weighted by Crippen LogP contribution is -2.21. The predicted octanol–water partition coefficient (Wildman–Crippen LogP) is 0.550. The first-order chi connectivity index (χ1) is 2.39. The van der Waals surface area contributed by atoms with Gasteiger partial charge in [0.25, 0.3) is 0 Å². The number of hydrogen-bond acceptors (Lipinski definition) is 0. The van der Waals surface area contributed by atoms with Crippen LogP contribution in [0.4, 0.5) is 0 Å². The standard InChI is InChI=1S/C3H6B2/c1-3-4-2-5-3/h3H,2H2,1H3. The predicted molar refractivity (Wildman–Crippen MR) is 25.7 cm³/mol. The van der Waals surface area contributed by atoms with E-state index in [4.69, 9.17) is 0 Å². The smallest absolute Gasteiger partial charge is 0.0944 e. The van der Waals surface area contributed by atoms with E-state index in [1.165, 1.54) is 6.22 Å². The Labute approximate surface area is 34.4 Å². The van der Waals surface area contributed by atoms with Crippen molar-refractivity contribution in [3.63, 3.8) is 0 Å².